The predicted molar refractivity (Wildman–Crippen MR) is 128 cm³/mol. The van der Waals surface area contributed by atoms with E-state index < -0.39 is 0 Å². The molecule has 0 radical (unpaired) electrons. The Kier molecular flexibility index (Phi) is 8.02. The molecular weight excluding hydrogens is 392 g/mol. The van der Waals surface area contributed by atoms with Gasteiger partial charge in [0.05, 0.1) is 0 Å². The highest BCUT2D eigenvalue weighted by molar-refractivity contribution is 8.04. The van der Waals surface area contributed by atoms with Crippen LogP contribution in [0.3, 0.4) is 0 Å². The second-order valence-electron chi connectivity index (χ2n) is 8.22. The van der Waals surface area contributed by atoms with E-state index in [1.54, 1.807) is 11.8 Å². The van der Waals surface area contributed by atoms with Gasteiger partial charge in [-0.15, -0.1) is 11.8 Å². The molecule has 2 aromatic rings. The van der Waals surface area contributed by atoms with Crippen LogP contribution in [0.25, 0.3) is 0 Å². The molecule has 1 saturated heterocycles. The molecule has 2 nitrogen and oxygen atoms in total. The summed E-state index contributed by atoms with van der Waals surface area (Å²) in [5, 5.41) is 3.82. The Morgan fingerprint density at radius 1 is 1.21 bits per heavy atom. The van der Waals surface area contributed by atoms with E-state index in [4.69, 9.17) is 0 Å². The van der Waals surface area contributed by atoms with E-state index in [2.05, 4.69) is 79.1 Å². The molecule has 1 fully saturated rings. The quantitative estimate of drug-likeness (QED) is 0.355. The van der Waals surface area contributed by atoms with Crippen molar-refractivity contribution >= 4 is 23.5 Å². The van der Waals surface area contributed by atoms with Gasteiger partial charge in [-0.1, -0.05) is 55.4 Å². The number of aromatic nitrogens is 2. The van der Waals surface area contributed by atoms with Crippen molar-refractivity contribution in [3.63, 3.8) is 0 Å². The van der Waals surface area contributed by atoms with Gasteiger partial charge in [-0.25, -0.2) is 9.97 Å². The Morgan fingerprint density at radius 2 is 2.03 bits per heavy atom. The molecule has 4 heteroatoms. The summed E-state index contributed by atoms with van der Waals surface area (Å²) in [6.45, 7) is 11.1. The number of allylic oxidation sites excluding steroid dienone is 2. The lowest BCUT2D eigenvalue weighted by Gasteiger charge is -2.29. The van der Waals surface area contributed by atoms with Crippen molar-refractivity contribution in [1.29, 1.82) is 0 Å². The van der Waals surface area contributed by atoms with E-state index >= 15 is 0 Å². The van der Waals surface area contributed by atoms with E-state index in [0.29, 0.717) is 11.2 Å². The number of benzene rings is 1. The molecule has 1 aliphatic rings. The highest BCUT2D eigenvalue weighted by Crippen LogP contribution is 2.43. The highest BCUT2D eigenvalue weighted by Gasteiger charge is 2.24. The number of nitrogens with zero attached hydrogens (tertiary/aromatic N) is 2. The molecule has 154 valence electrons. The summed E-state index contributed by atoms with van der Waals surface area (Å²) in [5.41, 5.74) is 6.67. The summed E-state index contributed by atoms with van der Waals surface area (Å²) in [4.78, 5) is 10.4. The average molecular weight is 425 g/mol. The van der Waals surface area contributed by atoms with Gasteiger partial charge in [0.25, 0.3) is 0 Å². The van der Waals surface area contributed by atoms with Crippen LogP contribution in [0.4, 0.5) is 0 Å². The first kappa shape index (κ1) is 22.2. The molecule has 1 aromatic carbocycles. The summed E-state index contributed by atoms with van der Waals surface area (Å²) in [7, 11) is 0. The van der Waals surface area contributed by atoms with Crippen molar-refractivity contribution in [3.05, 3.63) is 74.8 Å². The zero-order chi connectivity index (χ0) is 20.8. The summed E-state index contributed by atoms with van der Waals surface area (Å²) in [6.07, 6.45) is 8.88. The minimum absolute atomic E-state index is 0.706. The van der Waals surface area contributed by atoms with Crippen molar-refractivity contribution in [3.8, 4) is 0 Å². The molecule has 1 atom stereocenters. The van der Waals surface area contributed by atoms with Gasteiger partial charge < -0.3 is 0 Å². The van der Waals surface area contributed by atoms with Crippen molar-refractivity contribution in [2.75, 3.05) is 0 Å². The van der Waals surface area contributed by atoms with Crippen molar-refractivity contribution in [2.24, 2.45) is 5.92 Å². The third-order valence-corrected chi connectivity index (χ3v) is 7.93. The smallest absolute Gasteiger partial charge is 0.192 e. The third kappa shape index (κ3) is 6.48. The third-order valence-electron chi connectivity index (χ3n) is 5.36. The molecule has 0 spiro atoms. The molecule has 0 N–H and O–H groups in total. The Morgan fingerprint density at radius 3 is 2.76 bits per heavy atom. The summed E-state index contributed by atoms with van der Waals surface area (Å²) >= 11 is 3.72. The Balaban J connectivity index is 1.73. The van der Waals surface area contributed by atoms with Gasteiger partial charge in [0.1, 0.15) is 0 Å². The van der Waals surface area contributed by atoms with Crippen molar-refractivity contribution < 1.29 is 0 Å². The molecule has 0 aliphatic carbocycles. The zero-order valence-electron chi connectivity index (χ0n) is 18.2. The average Bonchev–Trinajstić information content (AvgIpc) is 2.68. The van der Waals surface area contributed by atoms with Gasteiger partial charge in [0, 0.05) is 22.0 Å². The van der Waals surface area contributed by atoms with Crippen molar-refractivity contribution in [2.45, 2.75) is 70.7 Å². The van der Waals surface area contributed by atoms with Gasteiger partial charge in [-0.05, 0) is 80.5 Å². The molecule has 0 bridgehead atoms. The van der Waals surface area contributed by atoms with E-state index in [9.17, 15) is 0 Å². The maximum absolute atomic E-state index is 4.53. The second kappa shape index (κ2) is 10.5. The van der Waals surface area contributed by atoms with E-state index in [0.717, 1.165) is 30.1 Å². The van der Waals surface area contributed by atoms with Gasteiger partial charge in [-0.2, -0.15) is 0 Å². The van der Waals surface area contributed by atoms with Crippen LogP contribution in [-0.4, -0.2) is 15.2 Å². The fourth-order valence-electron chi connectivity index (χ4n) is 3.58. The normalized spacial score (nSPS) is 20.0. The molecule has 0 saturated carbocycles. The van der Waals surface area contributed by atoms with Crippen LogP contribution in [0, 0.1) is 26.7 Å². The Hall–Kier alpha value is -1.52. The molecule has 29 heavy (non-hydrogen) atoms. The number of rotatable bonds is 6. The first-order chi connectivity index (χ1) is 13.9. The van der Waals surface area contributed by atoms with E-state index in [1.807, 2.05) is 19.2 Å². The van der Waals surface area contributed by atoms with Crippen LogP contribution in [0.2, 0.25) is 0 Å². The van der Waals surface area contributed by atoms with Crippen LogP contribution in [0.5, 0.6) is 0 Å². The van der Waals surface area contributed by atoms with Crippen LogP contribution < -0.4 is 0 Å². The molecule has 0 amide bonds. The SMILES string of the molecule is Cc1ccc(CC/C=C2\SC(C(C)C)CC\C2=C/Sc2nccc(C)n2)c(C)c1. The molecule has 1 aliphatic heterocycles. The van der Waals surface area contributed by atoms with Gasteiger partial charge in [-0.3, -0.25) is 0 Å². The fourth-order valence-corrected chi connectivity index (χ4v) is 5.82. The number of thioether (sulfide) groups is 2. The second-order valence-corrected chi connectivity index (χ2v) is 10.3. The Labute approximate surface area is 184 Å². The minimum atomic E-state index is 0.706. The lowest BCUT2D eigenvalue weighted by molar-refractivity contribution is 0.569. The predicted octanol–water partition coefficient (Wildman–Crippen LogP) is 7.45. The summed E-state index contributed by atoms with van der Waals surface area (Å²) < 4.78 is 0. The highest BCUT2D eigenvalue weighted by atomic mass is 32.2. The van der Waals surface area contributed by atoms with Gasteiger partial charge in [0.15, 0.2) is 5.16 Å². The molecular formula is C25H32N2S2. The standard InChI is InChI=1S/C25H32N2S2/c1-17(2)23-12-11-22(16-28-25-26-14-13-20(5)27-25)24(29-23)8-6-7-21-10-9-18(3)15-19(21)4/h8-10,13-17,23H,6-7,11-12H2,1-5H3/b22-16+,24-8-. The topological polar surface area (TPSA) is 25.8 Å². The van der Waals surface area contributed by atoms with Gasteiger partial charge >= 0.3 is 0 Å². The maximum atomic E-state index is 4.53. The summed E-state index contributed by atoms with van der Waals surface area (Å²) in [6, 6.07) is 8.75. The first-order valence-electron chi connectivity index (χ1n) is 10.5. The van der Waals surface area contributed by atoms with Crippen molar-refractivity contribution in [1.82, 2.24) is 9.97 Å². The lowest BCUT2D eigenvalue weighted by atomic mass is 9.99. The van der Waals surface area contributed by atoms with Crippen LogP contribution in [0.1, 0.15) is 55.5 Å². The summed E-state index contributed by atoms with van der Waals surface area (Å²) in [5.74, 6) is 0.706. The monoisotopic (exact) mass is 424 g/mol. The molecule has 2 heterocycles. The van der Waals surface area contributed by atoms with Crippen LogP contribution >= 0.6 is 23.5 Å². The number of aryl methyl sites for hydroxylation is 4. The maximum Gasteiger partial charge on any atom is 0.192 e. The fraction of sp³-hybridized carbons (Fsp3) is 0.440. The largest absolute Gasteiger partial charge is 0.231 e. The molecule has 1 unspecified atom stereocenters. The minimum Gasteiger partial charge on any atom is -0.231 e. The van der Waals surface area contributed by atoms with Crippen LogP contribution in [-0.2, 0) is 6.42 Å². The van der Waals surface area contributed by atoms with Crippen LogP contribution in [0.15, 0.2) is 57.6 Å². The zero-order valence-corrected chi connectivity index (χ0v) is 19.9. The first-order valence-corrected chi connectivity index (χ1v) is 12.3. The van der Waals surface area contributed by atoms with Gasteiger partial charge in [0.2, 0.25) is 0 Å². The lowest BCUT2D eigenvalue weighted by Crippen LogP contribution is -2.16. The number of hydrogen-bond acceptors (Lipinski definition) is 4. The van der Waals surface area contributed by atoms with E-state index in [1.165, 1.54) is 33.6 Å². The Bertz CT molecular complexity index is 899. The molecule has 3 rings (SSSR count). The van der Waals surface area contributed by atoms with E-state index in [-0.39, 0.29) is 0 Å². The molecule has 1 aromatic heterocycles. The number of hydrogen-bond donors (Lipinski definition) is 0.